The predicted molar refractivity (Wildman–Crippen MR) is 110 cm³/mol. The molecule has 0 heterocycles. The van der Waals surface area contributed by atoms with Crippen molar-refractivity contribution in [2.75, 3.05) is 12.9 Å². The lowest BCUT2D eigenvalue weighted by Crippen LogP contribution is -2.25. The molecule has 1 aliphatic rings. The molecule has 1 unspecified atom stereocenters. The van der Waals surface area contributed by atoms with E-state index in [9.17, 15) is 18.3 Å². The van der Waals surface area contributed by atoms with Gasteiger partial charge in [0.1, 0.15) is 12.4 Å². The van der Waals surface area contributed by atoms with Gasteiger partial charge in [-0.25, -0.2) is 8.42 Å². The van der Waals surface area contributed by atoms with Gasteiger partial charge in [-0.3, -0.25) is 4.79 Å². The zero-order valence-electron chi connectivity index (χ0n) is 17.4. The maximum atomic E-state index is 12.9. The fourth-order valence-corrected chi connectivity index (χ4v) is 5.55. The first-order valence-corrected chi connectivity index (χ1v) is 11.4. The lowest BCUT2D eigenvalue weighted by molar-refractivity contribution is -0.116. The molecule has 0 aliphatic heterocycles. The summed E-state index contributed by atoms with van der Waals surface area (Å²) in [4.78, 5) is 18.2. The van der Waals surface area contributed by atoms with Crippen LogP contribution in [0.1, 0.15) is 61.3 Å². The van der Waals surface area contributed by atoms with Crippen molar-refractivity contribution >= 4 is 21.3 Å². The van der Waals surface area contributed by atoms with Gasteiger partial charge in [-0.15, -0.1) is 0 Å². The fourth-order valence-electron chi connectivity index (χ4n) is 4.24. The van der Waals surface area contributed by atoms with Gasteiger partial charge in [-0.2, -0.15) is 0 Å². The first kappa shape index (κ1) is 22.1. The van der Waals surface area contributed by atoms with Gasteiger partial charge in [0.15, 0.2) is 15.6 Å². The van der Waals surface area contributed by atoms with Gasteiger partial charge in [-0.1, -0.05) is 18.1 Å². The molecular formula is C21H29NO5S. The van der Waals surface area contributed by atoms with E-state index in [1.807, 2.05) is 19.9 Å². The molecule has 0 saturated carbocycles. The molecule has 1 aromatic carbocycles. The number of aliphatic hydroxyl groups is 1. The molecule has 2 rings (SSSR count). The summed E-state index contributed by atoms with van der Waals surface area (Å²) in [6.45, 7) is 9.50. The molecule has 0 bridgehead atoms. The Kier molecular flexibility index (Phi) is 6.70. The number of aliphatic hydroxyl groups excluding tert-OH is 1. The highest BCUT2D eigenvalue weighted by Crippen LogP contribution is 2.40. The highest BCUT2D eigenvalue weighted by molar-refractivity contribution is 7.90. The lowest BCUT2D eigenvalue weighted by Gasteiger charge is -2.28. The Morgan fingerprint density at radius 3 is 2.36 bits per heavy atom. The van der Waals surface area contributed by atoms with Crippen LogP contribution in [-0.4, -0.2) is 37.9 Å². The van der Waals surface area contributed by atoms with Crippen molar-refractivity contribution in [3.8, 4) is 0 Å². The number of nitrogens with zero attached hydrogens (tertiary/aromatic N) is 1. The number of aryl methyl sites for hydroxylation is 2. The van der Waals surface area contributed by atoms with E-state index in [0.717, 1.165) is 11.1 Å². The van der Waals surface area contributed by atoms with Crippen LogP contribution in [-0.2, 0) is 19.5 Å². The molecule has 0 aromatic heterocycles. The van der Waals surface area contributed by atoms with Gasteiger partial charge >= 0.3 is 0 Å². The Balaban J connectivity index is 2.55. The number of carbonyl (C=O) groups excluding carboxylic acids is 1. The third kappa shape index (κ3) is 4.29. The third-order valence-corrected chi connectivity index (χ3v) is 6.48. The first-order valence-electron chi connectivity index (χ1n) is 9.48. The van der Waals surface area contributed by atoms with E-state index < -0.39 is 9.84 Å². The second-order valence-corrected chi connectivity index (χ2v) is 9.26. The molecule has 0 saturated heterocycles. The molecule has 6 nitrogen and oxygen atoms in total. The predicted octanol–water partition coefficient (Wildman–Crippen LogP) is 4.08. The van der Waals surface area contributed by atoms with E-state index in [0.29, 0.717) is 34.8 Å². The Hall–Kier alpha value is -2.15. The minimum atomic E-state index is -3.40. The van der Waals surface area contributed by atoms with Crippen LogP contribution >= 0.6 is 0 Å². The van der Waals surface area contributed by atoms with Crippen molar-refractivity contribution in [2.24, 2.45) is 5.16 Å². The van der Waals surface area contributed by atoms with Crippen LogP contribution in [0.25, 0.3) is 0 Å². The SMILES string of the molecule is CCO/N=C(/CC)C1=C(O)CC(c2c(C)cc(C)c(S(C)(=O)=O)c2C)CC1=O. The van der Waals surface area contributed by atoms with Gasteiger partial charge in [0.25, 0.3) is 0 Å². The quantitative estimate of drug-likeness (QED) is 0.567. The summed E-state index contributed by atoms with van der Waals surface area (Å²) in [6.07, 6.45) is 2.12. The molecule has 1 aliphatic carbocycles. The lowest BCUT2D eigenvalue weighted by atomic mass is 9.78. The van der Waals surface area contributed by atoms with Crippen LogP contribution in [0.4, 0.5) is 0 Å². The molecule has 0 spiro atoms. The van der Waals surface area contributed by atoms with E-state index >= 15 is 0 Å². The average molecular weight is 408 g/mol. The average Bonchev–Trinajstić information content (AvgIpc) is 2.55. The Labute approximate surface area is 167 Å². The molecule has 1 aromatic rings. The number of ketones is 1. The zero-order chi connectivity index (χ0) is 21.2. The zero-order valence-corrected chi connectivity index (χ0v) is 18.2. The van der Waals surface area contributed by atoms with Crippen LogP contribution in [0, 0.1) is 20.8 Å². The highest BCUT2D eigenvalue weighted by atomic mass is 32.2. The molecule has 7 heteroatoms. The largest absolute Gasteiger partial charge is 0.511 e. The Morgan fingerprint density at radius 1 is 1.21 bits per heavy atom. The van der Waals surface area contributed by atoms with Crippen molar-refractivity contribution in [3.05, 3.63) is 39.7 Å². The Bertz CT molecular complexity index is 957. The summed E-state index contributed by atoms with van der Waals surface area (Å²) in [5, 5.41) is 14.6. The van der Waals surface area contributed by atoms with E-state index in [2.05, 4.69) is 5.16 Å². The van der Waals surface area contributed by atoms with E-state index in [1.165, 1.54) is 6.26 Å². The minimum Gasteiger partial charge on any atom is -0.511 e. The van der Waals surface area contributed by atoms with Crippen molar-refractivity contribution in [1.29, 1.82) is 0 Å². The summed E-state index contributed by atoms with van der Waals surface area (Å²) >= 11 is 0. The summed E-state index contributed by atoms with van der Waals surface area (Å²) in [6, 6.07) is 1.84. The normalized spacial score (nSPS) is 18.6. The third-order valence-electron chi connectivity index (χ3n) is 5.11. The van der Waals surface area contributed by atoms with Crippen LogP contribution in [0.15, 0.2) is 27.4 Å². The molecule has 1 atom stereocenters. The number of benzene rings is 1. The van der Waals surface area contributed by atoms with Gasteiger partial charge in [-0.05, 0) is 62.3 Å². The summed E-state index contributed by atoms with van der Waals surface area (Å²) in [7, 11) is -3.40. The highest BCUT2D eigenvalue weighted by Gasteiger charge is 2.33. The van der Waals surface area contributed by atoms with Crippen LogP contribution in [0.5, 0.6) is 0 Å². The summed E-state index contributed by atoms with van der Waals surface area (Å²) in [5.41, 5.74) is 3.78. The molecule has 154 valence electrons. The van der Waals surface area contributed by atoms with Crippen molar-refractivity contribution in [3.63, 3.8) is 0 Å². The summed E-state index contributed by atoms with van der Waals surface area (Å²) < 4.78 is 24.5. The number of hydrogen-bond donors (Lipinski definition) is 1. The molecule has 28 heavy (non-hydrogen) atoms. The number of sulfone groups is 1. The van der Waals surface area contributed by atoms with Crippen LogP contribution < -0.4 is 0 Å². The summed E-state index contributed by atoms with van der Waals surface area (Å²) in [5.74, 6) is -0.487. The maximum Gasteiger partial charge on any atom is 0.176 e. The second kappa shape index (κ2) is 8.47. The van der Waals surface area contributed by atoms with Gasteiger partial charge in [0.05, 0.1) is 16.2 Å². The van der Waals surface area contributed by atoms with Gasteiger partial charge < -0.3 is 9.94 Å². The molecule has 0 fully saturated rings. The van der Waals surface area contributed by atoms with Crippen molar-refractivity contribution in [1.82, 2.24) is 0 Å². The van der Waals surface area contributed by atoms with Crippen molar-refractivity contribution in [2.45, 2.75) is 64.7 Å². The molecule has 0 amide bonds. The number of oxime groups is 1. The second-order valence-electron chi connectivity index (χ2n) is 7.31. The first-order chi connectivity index (χ1) is 13.0. The van der Waals surface area contributed by atoms with E-state index in [4.69, 9.17) is 4.84 Å². The number of allylic oxidation sites excluding steroid dienone is 2. The monoisotopic (exact) mass is 407 g/mol. The van der Waals surface area contributed by atoms with E-state index in [1.54, 1.807) is 20.8 Å². The molecule has 1 N–H and O–H groups in total. The molecular weight excluding hydrogens is 378 g/mol. The van der Waals surface area contributed by atoms with E-state index in [-0.39, 0.29) is 35.9 Å². The number of hydrogen-bond acceptors (Lipinski definition) is 6. The van der Waals surface area contributed by atoms with Crippen LogP contribution in [0.3, 0.4) is 0 Å². The maximum absolute atomic E-state index is 12.9. The van der Waals surface area contributed by atoms with Crippen molar-refractivity contribution < 1.29 is 23.2 Å². The topological polar surface area (TPSA) is 93.0 Å². The smallest absolute Gasteiger partial charge is 0.176 e. The molecule has 0 radical (unpaired) electrons. The Morgan fingerprint density at radius 2 is 1.86 bits per heavy atom. The number of rotatable bonds is 6. The van der Waals surface area contributed by atoms with Gasteiger partial charge in [0, 0.05) is 19.1 Å². The van der Waals surface area contributed by atoms with Gasteiger partial charge in [0.2, 0.25) is 0 Å². The number of carbonyl (C=O) groups is 1. The fraction of sp³-hybridized carbons (Fsp3) is 0.524. The number of Topliss-reactive ketones (excluding diaryl/α,β-unsaturated/α-hetero) is 1. The minimum absolute atomic E-state index is 0.0122. The van der Waals surface area contributed by atoms with Crippen LogP contribution in [0.2, 0.25) is 0 Å². The standard InChI is InChI=1S/C21H29NO5S/c1-7-16(22-27-8-2)20-17(23)10-15(11-18(20)24)19-12(3)9-13(4)21(14(19)5)28(6,25)26/h9,15,23H,7-8,10-11H2,1-6H3/b22-16-.